The van der Waals surface area contributed by atoms with Gasteiger partial charge >= 0.3 is 0 Å². The molecule has 0 aromatic heterocycles. The molecular formula is C10H7NiO4S-. The van der Waals surface area contributed by atoms with E-state index in [9.17, 15) is 13.5 Å². The first-order valence-electron chi connectivity index (χ1n) is 4.09. The monoisotopic (exact) mass is 281 g/mol. The van der Waals surface area contributed by atoms with Crippen LogP contribution in [0.3, 0.4) is 0 Å². The number of rotatable bonds is 1. The largest absolute Gasteiger partial charge is 0.508 e. The molecule has 0 saturated carbocycles. The van der Waals surface area contributed by atoms with E-state index < -0.39 is 10.1 Å². The molecule has 0 amide bonds. The van der Waals surface area contributed by atoms with Gasteiger partial charge in [-0.1, -0.05) is 0 Å². The van der Waals surface area contributed by atoms with E-state index in [1.807, 2.05) is 0 Å². The van der Waals surface area contributed by atoms with Gasteiger partial charge in [-0.3, -0.25) is 4.55 Å². The van der Waals surface area contributed by atoms with Crippen molar-refractivity contribution in [2.45, 2.75) is 4.90 Å². The third kappa shape index (κ3) is 2.35. The Balaban J connectivity index is 0.00000128. The molecule has 4 nitrogen and oxygen atoms in total. The fourth-order valence-corrected chi connectivity index (χ4v) is 2.07. The Morgan fingerprint density at radius 3 is 2.50 bits per heavy atom. The van der Waals surface area contributed by atoms with Gasteiger partial charge in [0.25, 0.3) is 10.1 Å². The van der Waals surface area contributed by atoms with Gasteiger partial charge < -0.3 is 5.11 Å². The Labute approximate surface area is 103 Å². The Morgan fingerprint density at radius 2 is 1.88 bits per heavy atom. The minimum atomic E-state index is -4.28. The third-order valence-corrected chi connectivity index (χ3v) is 2.87. The van der Waals surface area contributed by atoms with Crippen molar-refractivity contribution in [3.8, 4) is 5.75 Å². The molecule has 0 radical (unpaired) electrons. The number of hydrogen-bond acceptors (Lipinski definition) is 3. The molecule has 2 aromatic carbocycles. The van der Waals surface area contributed by atoms with Crippen molar-refractivity contribution in [3.63, 3.8) is 0 Å². The molecular weight excluding hydrogens is 275 g/mol. The molecule has 0 aliphatic carbocycles. The van der Waals surface area contributed by atoms with Crippen LogP contribution < -0.4 is 0 Å². The Bertz CT molecular complexity index is 622. The zero-order valence-corrected chi connectivity index (χ0v) is 9.63. The van der Waals surface area contributed by atoms with E-state index in [1.54, 1.807) is 6.07 Å². The number of aromatic hydroxyl groups is 1. The maximum atomic E-state index is 11.0. The summed E-state index contributed by atoms with van der Waals surface area (Å²) in [5.41, 5.74) is 0. The molecule has 0 fully saturated rings. The first-order valence-corrected chi connectivity index (χ1v) is 5.53. The minimum absolute atomic E-state index is 0. The third-order valence-electron chi connectivity index (χ3n) is 2.02. The second-order valence-electron chi connectivity index (χ2n) is 3.05. The summed E-state index contributed by atoms with van der Waals surface area (Å²) in [7, 11) is -4.28. The minimum Gasteiger partial charge on any atom is -0.508 e. The molecule has 0 atom stereocenters. The zero-order valence-electron chi connectivity index (χ0n) is 7.82. The topological polar surface area (TPSA) is 74.6 Å². The predicted octanol–water partition coefficient (Wildman–Crippen LogP) is 1.59. The molecule has 2 N–H and O–H groups in total. The number of phenolic OH excluding ortho intramolecular Hbond substituents is 1. The van der Waals surface area contributed by atoms with Gasteiger partial charge in [0, 0.05) is 16.5 Å². The quantitative estimate of drug-likeness (QED) is 0.473. The van der Waals surface area contributed by atoms with Gasteiger partial charge in [-0.05, 0) is 17.0 Å². The van der Waals surface area contributed by atoms with Crippen molar-refractivity contribution in [3.05, 3.63) is 36.4 Å². The number of benzene rings is 2. The average molecular weight is 282 g/mol. The van der Waals surface area contributed by atoms with E-state index >= 15 is 0 Å². The van der Waals surface area contributed by atoms with E-state index in [2.05, 4.69) is 6.07 Å². The van der Waals surface area contributed by atoms with Gasteiger partial charge in [0.15, 0.2) is 0 Å². The van der Waals surface area contributed by atoms with Gasteiger partial charge in [0.05, 0.1) is 0 Å². The fraction of sp³-hybridized carbons (Fsp3) is 0. The van der Waals surface area contributed by atoms with Crippen LogP contribution in [0.5, 0.6) is 5.75 Å². The first-order chi connectivity index (χ1) is 6.98. The van der Waals surface area contributed by atoms with E-state index in [4.69, 9.17) is 4.55 Å². The number of phenols is 1. The van der Waals surface area contributed by atoms with Crippen LogP contribution in [0.2, 0.25) is 0 Å². The van der Waals surface area contributed by atoms with Crippen molar-refractivity contribution in [2.24, 2.45) is 0 Å². The molecule has 0 spiro atoms. The van der Waals surface area contributed by atoms with Gasteiger partial charge in [0.1, 0.15) is 5.75 Å². The summed E-state index contributed by atoms with van der Waals surface area (Å²) in [4.78, 5) is -0.278. The number of hydrogen-bond donors (Lipinski definition) is 2. The van der Waals surface area contributed by atoms with Crippen molar-refractivity contribution in [2.75, 3.05) is 0 Å². The van der Waals surface area contributed by atoms with Gasteiger partial charge in [0.2, 0.25) is 0 Å². The van der Waals surface area contributed by atoms with Crippen molar-refractivity contribution in [1.82, 2.24) is 0 Å². The second kappa shape index (κ2) is 4.41. The summed E-state index contributed by atoms with van der Waals surface area (Å²) >= 11 is 0. The fourth-order valence-electron chi connectivity index (χ4n) is 1.39. The molecule has 0 saturated heterocycles. The van der Waals surface area contributed by atoms with Gasteiger partial charge in [-0.15, -0.1) is 16.8 Å². The van der Waals surface area contributed by atoms with Crippen LogP contribution >= 0.6 is 0 Å². The van der Waals surface area contributed by atoms with Gasteiger partial charge in [-0.2, -0.15) is 26.6 Å². The van der Waals surface area contributed by atoms with Gasteiger partial charge in [-0.25, -0.2) is 0 Å². The van der Waals surface area contributed by atoms with E-state index in [0.29, 0.717) is 10.8 Å². The summed E-state index contributed by atoms with van der Waals surface area (Å²) in [5.74, 6) is 0.0370. The Morgan fingerprint density at radius 1 is 1.19 bits per heavy atom. The molecule has 2 rings (SSSR count). The summed E-state index contributed by atoms with van der Waals surface area (Å²) in [6.45, 7) is 0. The molecule has 0 aliphatic rings. The van der Waals surface area contributed by atoms with Crippen molar-refractivity contribution < 1.29 is 34.6 Å². The molecule has 0 bridgehead atoms. The summed E-state index contributed by atoms with van der Waals surface area (Å²) in [6.07, 6.45) is 0. The molecule has 0 heterocycles. The molecule has 16 heavy (non-hydrogen) atoms. The van der Waals surface area contributed by atoms with Crippen LogP contribution in [-0.2, 0) is 26.6 Å². The van der Waals surface area contributed by atoms with Crippen LogP contribution in [0, 0.1) is 6.07 Å². The maximum absolute atomic E-state index is 11.0. The van der Waals surface area contributed by atoms with E-state index in [0.717, 1.165) is 0 Å². The molecule has 88 valence electrons. The van der Waals surface area contributed by atoms with Crippen LogP contribution in [0.15, 0.2) is 35.2 Å². The van der Waals surface area contributed by atoms with E-state index in [1.165, 1.54) is 24.3 Å². The first kappa shape index (κ1) is 13.0. The smallest absolute Gasteiger partial charge is 0.271 e. The summed E-state index contributed by atoms with van der Waals surface area (Å²) < 4.78 is 30.9. The standard InChI is InChI=1S/C10H7O4S.Ni/c11-8-4-5-9-7(6-8)2-1-3-10(9)15(12,13)14;/h1-2,4-6,11H,(H,12,13,14);/q-1;. The van der Waals surface area contributed by atoms with Crippen molar-refractivity contribution in [1.29, 1.82) is 0 Å². The molecule has 0 unspecified atom stereocenters. The number of fused-ring (bicyclic) bond motifs is 1. The maximum Gasteiger partial charge on any atom is 0.271 e. The van der Waals surface area contributed by atoms with E-state index in [-0.39, 0.29) is 27.1 Å². The SMILES string of the molecule is O=S(=O)(O)c1[c-]ccc2cc(O)ccc12.[Ni]. The van der Waals surface area contributed by atoms with Crippen LogP contribution in [-0.4, -0.2) is 18.1 Å². The molecule has 6 heteroatoms. The predicted molar refractivity (Wildman–Crippen MR) is 54.3 cm³/mol. The summed E-state index contributed by atoms with van der Waals surface area (Å²) in [6, 6.07) is 9.62. The molecule has 0 aliphatic heterocycles. The average Bonchev–Trinajstić information content (AvgIpc) is 2.15. The Hall–Kier alpha value is -1.10. The Kier molecular flexibility index (Phi) is 3.58. The zero-order chi connectivity index (χ0) is 11.1. The van der Waals surface area contributed by atoms with Crippen LogP contribution in [0.1, 0.15) is 0 Å². The second-order valence-corrected chi connectivity index (χ2v) is 4.41. The van der Waals surface area contributed by atoms with Crippen molar-refractivity contribution >= 4 is 20.9 Å². The van der Waals surface area contributed by atoms with Crippen LogP contribution in [0.25, 0.3) is 10.8 Å². The summed E-state index contributed by atoms with van der Waals surface area (Å²) in [5, 5.41) is 10.1. The normalized spacial score (nSPS) is 11.1. The molecule has 2 aromatic rings. The van der Waals surface area contributed by atoms with Crippen LogP contribution in [0.4, 0.5) is 0 Å².